The van der Waals surface area contributed by atoms with Crippen LogP contribution in [0.3, 0.4) is 0 Å². The van der Waals surface area contributed by atoms with E-state index < -0.39 is 0 Å². The Morgan fingerprint density at radius 3 is 3.31 bits per heavy atom. The number of amides is 1. The van der Waals surface area contributed by atoms with Gasteiger partial charge >= 0.3 is 0 Å². The van der Waals surface area contributed by atoms with Gasteiger partial charge in [0.15, 0.2) is 5.17 Å². The molecule has 0 aromatic heterocycles. The molecule has 0 saturated carbocycles. The molecule has 0 aromatic carbocycles. The van der Waals surface area contributed by atoms with Crippen LogP contribution in [0.5, 0.6) is 0 Å². The molecule has 0 aromatic rings. The van der Waals surface area contributed by atoms with E-state index in [-0.39, 0.29) is 11.9 Å². The van der Waals surface area contributed by atoms with Crippen molar-refractivity contribution in [3.8, 4) is 0 Å². The van der Waals surface area contributed by atoms with Gasteiger partial charge in [-0.05, 0) is 6.92 Å². The summed E-state index contributed by atoms with van der Waals surface area (Å²) in [6.45, 7) is 2.80. The zero-order chi connectivity index (χ0) is 9.26. The van der Waals surface area contributed by atoms with Crippen molar-refractivity contribution in [2.75, 3.05) is 12.3 Å². The number of allylic oxidation sites excluding steroid dienone is 1. The molecule has 1 saturated heterocycles. The molecule has 2 rings (SSSR count). The molecule has 70 valence electrons. The van der Waals surface area contributed by atoms with Gasteiger partial charge in [-0.25, -0.2) is 0 Å². The van der Waals surface area contributed by atoms with E-state index in [0.29, 0.717) is 6.42 Å². The van der Waals surface area contributed by atoms with E-state index in [1.165, 1.54) is 0 Å². The fourth-order valence-electron chi connectivity index (χ4n) is 1.55. The molecule has 4 heteroatoms. The first-order valence-corrected chi connectivity index (χ1v) is 5.43. The molecule has 0 bridgehead atoms. The highest BCUT2D eigenvalue weighted by Gasteiger charge is 2.31. The van der Waals surface area contributed by atoms with E-state index in [9.17, 15) is 4.79 Å². The highest BCUT2D eigenvalue weighted by molar-refractivity contribution is 8.14. The molecule has 0 N–H and O–H groups in total. The highest BCUT2D eigenvalue weighted by Crippen LogP contribution is 2.24. The topological polar surface area (TPSA) is 32.7 Å². The van der Waals surface area contributed by atoms with E-state index in [1.807, 2.05) is 19.1 Å². The SMILES string of the molecule is CC=CC1CC(=O)N2CCSC2=N1. The molecule has 1 unspecified atom stereocenters. The minimum absolute atomic E-state index is 0.0781. The summed E-state index contributed by atoms with van der Waals surface area (Å²) in [5, 5.41) is 0.916. The van der Waals surface area contributed by atoms with Crippen molar-refractivity contribution in [2.24, 2.45) is 4.99 Å². The molecular formula is C9H12N2OS. The summed E-state index contributed by atoms with van der Waals surface area (Å²) in [6.07, 6.45) is 4.48. The van der Waals surface area contributed by atoms with Crippen molar-refractivity contribution in [1.29, 1.82) is 0 Å². The second-order valence-corrected chi connectivity index (χ2v) is 4.16. The molecule has 0 radical (unpaired) electrons. The van der Waals surface area contributed by atoms with Gasteiger partial charge in [0.25, 0.3) is 0 Å². The maximum Gasteiger partial charge on any atom is 0.231 e. The van der Waals surface area contributed by atoms with Crippen LogP contribution >= 0.6 is 11.8 Å². The first kappa shape index (κ1) is 8.81. The summed E-state index contributed by atoms with van der Waals surface area (Å²) < 4.78 is 0. The van der Waals surface area contributed by atoms with Gasteiger partial charge in [-0.2, -0.15) is 0 Å². The van der Waals surface area contributed by atoms with Gasteiger partial charge in [0.05, 0.1) is 12.5 Å². The number of thioether (sulfide) groups is 1. The number of hydrogen-bond donors (Lipinski definition) is 0. The van der Waals surface area contributed by atoms with Crippen molar-refractivity contribution in [1.82, 2.24) is 4.90 Å². The van der Waals surface area contributed by atoms with Crippen LogP contribution in [0.15, 0.2) is 17.1 Å². The Kier molecular flexibility index (Phi) is 2.40. The third-order valence-electron chi connectivity index (χ3n) is 2.15. The lowest BCUT2D eigenvalue weighted by atomic mass is 10.1. The summed E-state index contributed by atoms with van der Waals surface area (Å²) in [7, 11) is 0. The van der Waals surface area contributed by atoms with Crippen LogP contribution in [-0.4, -0.2) is 34.3 Å². The summed E-state index contributed by atoms with van der Waals surface area (Å²) >= 11 is 1.68. The molecule has 0 aliphatic carbocycles. The summed E-state index contributed by atoms with van der Waals surface area (Å²) in [6, 6.07) is 0.0781. The minimum Gasteiger partial charge on any atom is -0.291 e. The van der Waals surface area contributed by atoms with Crippen molar-refractivity contribution < 1.29 is 4.79 Å². The number of carbonyl (C=O) groups excluding carboxylic acids is 1. The maximum absolute atomic E-state index is 11.6. The van der Waals surface area contributed by atoms with Crippen molar-refractivity contribution in [3.63, 3.8) is 0 Å². The van der Waals surface area contributed by atoms with Gasteiger partial charge in [-0.15, -0.1) is 0 Å². The van der Waals surface area contributed by atoms with Gasteiger partial charge in [0.2, 0.25) is 5.91 Å². The quantitative estimate of drug-likeness (QED) is 0.592. The second-order valence-electron chi connectivity index (χ2n) is 3.10. The van der Waals surface area contributed by atoms with E-state index in [1.54, 1.807) is 16.7 Å². The number of amidine groups is 1. The van der Waals surface area contributed by atoms with Crippen LogP contribution in [0, 0.1) is 0 Å². The number of carbonyl (C=O) groups is 1. The normalized spacial score (nSPS) is 28.1. The Hall–Kier alpha value is -0.770. The summed E-state index contributed by atoms with van der Waals surface area (Å²) in [5.41, 5.74) is 0. The van der Waals surface area contributed by atoms with Crippen LogP contribution in [0.2, 0.25) is 0 Å². The Balaban J connectivity index is 2.21. The van der Waals surface area contributed by atoms with Crippen LogP contribution in [0.4, 0.5) is 0 Å². The highest BCUT2D eigenvalue weighted by atomic mass is 32.2. The third kappa shape index (κ3) is 1.63. The zero-order valence-electron chi connectivity index (χ0n) is 7.56. The standard InChI is InChI=1S/C9H12N2OS/c1-2-3-7-6-8(12)11-4-5-13-9(11)10-7/h2-3,7H,4-6H2,1H3. The van der Waals surface area contributed by atoms with Crippen molar-refractivity contribution in [2.45, 2.75) is 19.4 Å². The molecule has 3 nitrogen and oxygen atoms in total. The molecule has 2 aliphatic rings. The zero-order valence-corrected chi connectivity index (χ0v) is 8.38. The van der Waals surface area contributed by atoms with Gasteiger partial charge in [-0.1, -0.05) is 23.9 Å². The Morgan fingerprint density at radius 2 is 2.54 bits per heavy atom. The number of fused-ring (bicyclic) bond motifs is 1. The largest absolute Gasteiger partial charge is 0.291 e. The fourth-order valence-corrected chi connectivity index (χ4v) is 2.57. The predicted molar refractivity (Wildman–Crippen MR) is 54.8 cm³/mol. The number of hydrogen-bond acceptors (Lipinski definition) is 3. The Morgan fingerprint density at radius 1 is 1.69 bits per heavy atom. The molecule has 1 amide bonds. The minimum atomic E-state index is 0.0781. The monoisotopic (exact) mass is 196 g/mol. The van der Waals surface area contributed by atoms with Crippen LogP contribution in [0.1, 0.15) is 13.3 Å². The Labute approximate surface area is 81.9 Å². The first-order chi connectivity index (χ1) is 6.31. The average Bonchev–Trinajstić information content (AvgIpc) is 2.53. The van der Waals surface area contributed by atoms with Crippen LogP contribution in [-0.2, 0) is 4.79 Å². The van der Waals surface area contributed by atoms with Gasteiger partial charge < -0.3 is 0 Å². The second kappa shape index (κ2) is 3.54. The van der Waals surface area contributed by atoms with Crippen LogP contribution in [0.25, 0.3) is 0 Å². The lowest BCUT2D eigenvalue weighted by molar-refractivity contribution is -0.127. The molecule has 1 atom stereocenters. The third-order valence-corrected chi connectivity index (χ3v) is 3.12. The lowest BCUT2D eigenvalue weighted by Crippen LogP contribution is -2.38. The van der Waals surface area contributed by atoms with Gasteiger partial charge in [0, 0.05) is 12.3 Å². The van der Waals surface area contributed by atoms with E-state index >= 15 is 0 Å². The fraction of sp³-hybridized carbons (Fsp3) is 0.556. The van der Waals surface area contributed by atoms with Crippen molar-refractivity contribution in [3.05, 3.63) is 12.2 Å². The van der Waals surface area contributed by atoms with Crippen LogP contribution < -0.4 is 0 Å². The maximum atomic E-state index is 11.6. The molecular weight excluding hydrogens is 184 g/mol. The summed E-state index contributed by atoms with van der Waals surface area (Å²) in [4.78, 5) is 17.8. The molecule has 13 heavy (non-hydrogen) atoms. The van der Waals surface area contributed by atoms with Gasteiger partial charge in [-0.3, -0.25) is 14.7 Å². The van der Waals surface area contributed by atoms with E-state index in [2.05, 4.69) is 4.99 Å². The average molecular weight is 196 g/mol. The Bertz CT molecular complexity index is 285. The molecule has 2 heterocycles. The molecule has 1 fully saturated rings. The molecule has 2 aliphatic heterocycles. The predicted octanol–water partition coefficient (Wildman–Crippen LogP) is 1.27. The summed E-state index contributed by atoms with van der Waals surface area (Å²) in [5.74, 6) is 1.21. The smallest absolute Gasteiger partial charge is 0.231 e. The number of aliphatic imine (C=N–C) groups is 1. The first-order valence-electron chi connectivity index (χ1n) is 4.45. The van der Waals surface area contributed by atoms with E-state index in [0.717, 1.165) is 17.5 Å². The number of rotatable bonds is 1. The van der Waals surface area contributed by atoms with Crippen molar-refractivity contribution >= 4 is 22.8 Å². The van der Waals surface area contributed by atoms with E-state index in [4.69, 9.17) is 0 Å². The van der Waals surface area contributed by atoms with Gasteiger partial charge in [0.1, 0.15) is 0 Å². The number of nitrogens with zero attached hydrogens (tertiary/aromatic N) is 2. The lowest BCUT2D eigenvalue weighted by Gasteiger charge is -2.23. The molecule has 0 spiro atoms.